The molecule has 1 aliphatic heterocycles. The van der Waals surface area contributed by atoms with E-state index in [1.54, 1.807) is 11.8 Å². The van der Waals surface area contributed by atoms with Gasteiger partial charge in [-0.1, -0.05) is 30.3 Å². The number of esters is 1. The zero-order valence-corrected chi connectivity index (χ0v) is 19.0. The van der Waals surface area contributed by atoms with Gasteiger partial charge in [-0.05, 0) is 50.8 Å². The molecule has 0 aliphatic carbocycles. The van der Waals surface area contributed by atoms with Crippen LogP contribution in [0.2, 0.25) is 0 Å². The molecule has 7 heteroatoms. The molecule has 0 unspecified atom stereocenters. The van der Waals surface area contributed by atoms with Gasteiger partial charge in [0, 0.05) is 36.5 Å². The third-order valence-electron chi connectivity index (χ3n) is 5.93. The van der Waals surface area contributed by atoms with E-state index in [1.165, 1.54) is 5.56 Å². The van der Waals surface area contributed by atoms with Crippen molar-refractivity contribution in [1.82, 2.24) is 19.7 Å². The van der Waals surface area contributed by atoms with Crippen molar-refractivity contribution in [2.24, 2.45) is 0 Å². The highest BCUT2D eigenvalue weighted by atomic mass is 16.5. The van der Waals surface area contributed by atoms with E-state index in [2.05, 4.69) is 22.2 Å². The molecule has 168 valence electrons. The fraction of sp³-hybridized carbons (Fsp3) is 0.400. The number of hydrogen-bond acceptors (Lipinski definition) is 4. The minimum absolute atomic E-state index is 0.0483. The normalized spacial score (nSPS) is 13.2. The number of hydrogen-bond donors (Lipinski definition) is 1. The van der Waals surface area contributed by atoms with Gasteiger partial charge in [-0.3, -0.25) is 9.48 Å². The van der Waals surface area contributed by atoms with Crippen LogP contribution in [0.25, 0.3) is 0 Å². The zero-order chi connectivity index (χ0) is 22.7. The molecule has 32 heavy (non-hydrogen) atoms. The number of H-pyrrole nitrogens is 1. The van der Waals surface area contributed by atoms with Crippen LogP contribution < -0.4 is 0 Å². The van der Waals surface area contributed by atoms with E-state index in [0.29, 0.717) is 30.9 Å². The second-order valence-electron chi connectivity index (χ2n) is 8.29. The lowest BCUT2D eigenvalue weighted by atomic mass is 10.0. The fourth-order valence-corrected chi connectivity index (χ4v) is 4.40. The van der Waals surface area contributed by atoms with Crippen LogP contribution in [0.4, 0.5) is 0 Å². The molecule has 2 aromatic heterocycles. The van der Waals surface area contributed by atoms with Gasteiger partial charge < -0.3 is 14.6 Å². The summed E-state index contributed by atoms with van der Waals surface area (Å²) in [4.78, 5) is 30.7. The van der Waals surface area contributed by atoms with Crippen molar-refractivity contribution in [2.75, 3.05) is 13.2 Å². The molecule has 0 saturated carbocycles. The maximum Gasteiger partial charge on any atom is 0.359 e. The number of aromatic amines is 1. The first-order valence-electron chi connectivity index (χ1n) is 11.2. The number of nitrogens with zero attached hydrogens (tertiary/aromatic N) is 3. The topological polar surface area (TPSA) is 80.2 Å². The number of aryl methyl sites for hydroxylation is 4. The van der Waals surface area contributed by atoms with Gasteiger partial charge in [0.1, 0.15) is 5.69 Å². The number of rotatable bonds is 7. The lowest BCUT2D eigenvalue weighted by Crippen LogP contribution is -2.37. The Balaban J connectivity index is 1.55. The Kier molecular flexibility index (Phi) is 6.44. The Morgan fingerprint density at radius 2 is 1.97 bits per heavy atom. The van der Waals surface area contributed by atoms with Gasteiger partial charge in [-0.2, -0.15) is 5.10 Å². The Morgan fingerprint density at radius 1 is 1.19 bits per heavy atom. The summed E-state index contributed by atoms with van der Waals surface area (Å²) in [6.07, 6.45) is 2.53. The Hall–Kier alpha value is -3.35. The van der Waals surface area contributed by atoms with Crippen LogP contribution in [-0.4, -0.2) is 44.7 Å². The second kappa shape index (κ2) is 9.42. The van der Waals surface area contributed by atoms with Crippen LogP contribution >= 0.6 is 0 Å². The van der Waals surface area contributed by atoms with Crippen LogP contribution in [0.5, 0.6) is 0 Å². The van der Waals surface area contributed by atoms with Crippen LogP contribution in [0.1, 0.15) is 62.4 Å². The van der Waals surface area contributed by atoms with Crippen molar-refractivity contribution in [2.45, 2.75) is 53.1 Å². The summed E-state index contributed by atoms with van der Waals surface area (Å²) in [5.74, 6) is -0.473. The minimum Gasteiger partial charge on any atom is -0.461 e. The monoisotopic (exact) mass is 434 g/mol. The molecule has 3 aromatic rings. The molecular formula is C25H30N4O3. The maximum atomic E-state index is 13.1. The number of carbonyl (C=O) groups is 2. The molecule has 1 amide bonds. The van der Waals surface area contributed by atoms with Gasteiger partial charge in [0.05, 0.1) is 13.2 Å². The molecule has 4 rings (SSSR count). The molecule has 1 aliphatic rings. The van der Waals surface area contributed by atoms with Crippen molar-refractivity contribution in [3.8, 4) is 0 Å². The van der Waals surface area contributed by atoms with Crippen LogP contribution in [0.3, 0.4) is 0 Å². The Bertz CT molecular complexity index is 1110. The van der Waals surface area contributed by atoms with Crippen molar-refractivity contribution in [3.63, 3.8) is 0 Å². The summed E-state index contributed by atoms with van der Waals surface area (Å²) < 4.78 is 7.20. The molecule has 3 heterocycles. The van der Waals surface area contributed by atoms with E-state index in [1.807, 2.05) is 42.8 Å². The van der Waals surface area contributed by atoms with Gasteiger partial charge in [-0.15, -0.1) is 0 Å². The summed E-state index contributed by atoms with van der Waals surface area (Å²) in [7, 11) is 0. The number of amides is 1. The highest BCUT2D eigenvalue weighted by Gasteiger charge is 2.31. The minimum atomic E-state index is -0.424. The summed E-state index contributed by atoms with van der Waals surface area (Å²) in [6, 6.07) is 12.3. The van der Waals surface area contributed by atoms with Gasteiger partial charge in [-0.25, -0.2) is 4.79 Å². The van der Waals surface area contributed by atoms with E-state index in [9.17, 15) is 9.59 Å². The number of fused-ring (bicyclic) bond motifs is 1. The first-order chi connectivity index (χ1) is 15.5. The average molecular weight is 435 g/mol. The first kappa shape index (κ1) is 21.9. The number of carbonyl (C=O) groups excluding carboxylic acids is 2. The lowest BCUT2D eigenvalue weighted by Gasteiger charge is -2.27. The highest BCUT2D eigenvalue weighted by Crippen LogP contribution is 2.26. The largest absolute Gasteiger partial charge is 0.461 e. The van der Waals surface area contributed by atoms with E-state index in [4.69, 9.17) is 4.74 Å². The molecule has 1 aromatic carbocycles. The number of nitrogens with one attached hydrogen (secondary N) is 1. The number of aromatic nitrogens is 3. The first-order valence-corrected chi connectivity index (χ1v) is 11.2. The van der Waals surface area contributed by atoms with Crippen LogP contribution in [-0.2, 0) is 30.7 Å². The van der Waals surface area contributed by atoms with Crippen molar-refractivity contribution >= 4 is 11.9 Å². The lowest BCUT2D eigenvalue weighted by molar-refractivity contribution is 0.0513. The molecule has 0 fully saturated rings. The van der Waals surface area contributed by atoms with Gasteiger partial charge >= 0.3 is 5.97 Å². The van der Waals surface area contributed by atoms with Gasteiger partial charge in [0.2, 0.25) is 0 Å². The summed E-state index contributed by atoms with van der Waals surface area (Å²) in [6.45, 7) is 7.62. The molecule has 7 nitrogen and oxygen atoms in total. The predicted molar refractivity (Wildman–Crippen MR) is 122 cm³/mol. The Morgan fingerprint density at radius 3 is 2.66 bits per heavy atom. The summed E-state index contributed by atoms with van der Waals surface area (Å²) in [5.41, 5.74) is 5.96. The number of benzene rings is 1. The van der Waals surface area contributed by atoms with Crippen molar-refractivity contribution < 1.29 is 14.3 Å². The number of ether oxygens (including phenoxy) is 1. The summed E-state index contributed by atoms with van der Waals surface area (Å²) in [5, 5.41) is 4.63. The predicted octanol–water partition coefficient (Wildman–Crippen LogP) is 3.84. The molecule has 0 radical (unpaired) electrons. The zero-order valence-electron chi connectivity index (χ0n) is 19.0. The van der Waals surface area contributed by atoms with E-state index < -0.39 is 5.97 Å². The van der Waals surface area contributed by atoms with Crippen molar-refractivity contribution in [3.05, 3.63) is 75.9 Å². The second-order valence-corrected chi connectivity index (χ2v) is 8.29. The smallest absolute Gasteiger partial charge is 0.359 e. The standard InChI is InChI=1S/C25H30N4O3/c1-4-32-25(31)23-20-16-28(24(30)22-17(2)15-18(3)26-22)14-12-21(20)29(27-23)13-8-11-19-9-6-5-7-10-19/h5-7,9-10,15,26H,4,8,11-14,16H2,1-3H3. The summed E-state index contributed by atoms with van der Waals surface area (Å²) >= 11 is 0. The van der Waals surface area contributed by atoms with Gasteiger partial charge in [0.15, 0.2) is 5.69 Å². The quantitative estimate of drug-likeness (QED) is 0.573. The van der Waals surface area contributed by atoms with E-state index >= 15 is 0 Å². The third-order valence-corrected chi connectivity index (χ3v) is 5.93. The molecule has 0 bridgehead atoms. The fourth-order valence-electron chi connectivity index (χ4n) is 4.40. The molecule has 0 atom stereocenters. The molecular weight excluding hydrogens is 404 g/mol. The molecule has 1 N–H and O–H groups in total. The third kappa shape index (κ3) is 4.47. The van der Waals surface area contributed by atoms with Crippen LogP contribution in [0, 0.1) is 13.8 Å². The maximum absolute atomic E-state index is 13.1. The Labute approximate surface area is 188 Å². The highest BCUT2D eigenvalue weighted by molar-refractivity contribution is 5.95. The molecule has 0 spiro atoms. The SMILES string of the molecule is CCOC(=O)c1nn(CCCc2ccccc2)c2c1CN(C(=O)c1[nH]c(C)cc1C)CC2. The molecule has 0 saturated heterocycles. The van der Waals surface area contributed by atoms with Crippen molar-refractivity contribution in [1.29, 1.82) is 0 Å². The average Bonchev–Trinajstić information content (AvgIpc) is 3.33. The van der Waals surface area contributed by atoms with E-state index in [0.717, 1.165) is 41.9 Å². The van der Waals surface area contributed by atoms with Crippen LogP contribution in [0.15, 0.2) is 36.4 Å². The van der Waals surface area contributed by atoms with E-state index in [-0.39, 0.29) is 12.5 Å². The van der Waals surface area contributed by atoms with Gasteiger partial charge in [0.25, 0.3) is 5.91 Å².